The highest BCUT2D eigenvalue weighted by atomic mass is 16.5. The molecule has 0 aliphatic rings. The first-order valence-corrected chi connectivity index (χ1v) is 11.2. The Balaban J connectivity index is 1.94. The lowest BCUT2D eigenvalue weighted by Crippen LogP contribution is -2.38. The smallest absolute Gasteiger partial charge is 0.251 e. The van der Waals surface area contributed by atoms with Crippen LogP contribution in [0.1, 0.15) is 42.7 Å². The van der Waals surface area contributed by atoms with Gasteiger partial charge in [-0.2, -0.15) is 0 Å². The number of amides is 2. The monoisotopic (exact) mass is 474 g/mol. The highest BCUT2D eigenvalue weighted by molar-refractivity contribution is 5.97. The van der Waals surface area contributed by atoms with Gasteiger partial charge >= 0.3 is 0 Å². The molecule has 34 heavy (non-hydrogen) atoms. The van der Waals surface area contributed by atoms with Gasteiger partial charge in [0.2, 0.25) is 5.91 Å². The molecule has 186 valence electrons. The molecule has 2 aromatic carbocycles. The van der Waals surface area contributed by atoms with Crippen LogP contribution in [0.2, 0.25) is 0 Å². The third kappa shape index (κ3) is 7.84. The zero-order valence-corrected chi connectivity index (χ0v) is 20.4. The predicted molar refractivity (Wildman–Crippen MR) is 128 cm³/mol. The van der Waals surface area contributed by atoms with Crippen LogP contribution in [0.4, 0.5) is 0 Å². The fraction of sp³-hybridized carbons (Fsp3) is 0.440. The molecule has 0 saturated carbocycles. The minimum Gasteiger partial charge on any atom is -0.493 e. The van der Waals surface area contributed by atoms with E-state index in [-0.39, 0.29) is 24.4 Å². The van der Waals surface area contributed by atoms with Crippen molar-refractivity contribution in [3.8, 4) is 23.0 Å². The number of benzene rings is 2. The van der Waals surface area contributed by atoms with Gasteiger partial charge in [-0.1, -0.05) is 6.07 Å². The van der Waals surface area contributed by atoms with Crippen LogP contribution < -0.4 is 29.6 Å². The largest absolute Gasteiger partial charge is 0.493 e. The number of carbonyl (C=O) groups excluding carboxylic acids is 2. The number of hydrogen-bond donors (Lipinski definition) is 2. The van der Waals surface area contributed by atoms with E-state index in [2.05, 4.69) is 10.6 Å². The molecule has 0 aliphatic carbocycles. The van der Waals surface area contributed by atoms with Gasteiger partial charge in [-0.05, 0) is 56.7 Å². The molecule has 0 aromatic heterocycles. The second-order valence-corrected chi connectivity index (χ2v) is 7.25. The Labute approximate surface area is 200 Å². The Morgan fingerprint density at radius 3 is 2.21 bits per heavy atom. The zero-order chi connectivity index (χ0) is 24.9. The van der Waals surface area contributed by atoms with Crippen molar-refractivity contribution in [3.05, 3.63) is 47.5 Å². The summed E-state index contributed by atoms with van der Waals surface area (Å²) in [6.07, 6.45) is 0. The molecule has 2 rings (SSSR count). The molecule has 0 heterocycles. The zero-order valence-electron chi connectivity index (χ0n) is 20.4. The molecule has 0 fully saturated rings. The van der Waals surface area contributed by atoms with Crippen molar-refractivity contribution >= 4 is 11.8 Å². The van der Waals surface area contributed by atoms with Crippen molar-refractivity contribution in [3.63, 3.8) is 0 Å². The summed E-state index contributed by atoms with van der Waals surface area (Å²) in [6.45, 7) is 7.19. The van der Waals surface area contributed by atoms with Gasteiger partial charge in [-0.15, -0.1) is 0 Å². The van der Waals surface area contributed by atoms with Crippen LogP contribution in [0.3, 0.4) is 0 Å². The molecule has 2 N–H and O–H groups in total. The Bertz CT molecular complexity index is 949. The van der Waals surface area contributed by atoms with Crippen molar-refractivity contribution in [2.45, 2.75) is 26.8 Å². The summed E-state index contributed by atoms with van der Waals surface area (Å²) in [7, 11) is 3.16. The van der Waals surface area contributed by atoms with Crippen LogP contribution in [0.25, 0.3) is 0 Å². The number of ether oxygens (including phenoxy) is 5. The van der Waals surface area contributed by atoms with Crippen LogP contribution in [0.15, 0.2) is 36.4 Å². The SMILES string of the molecule is CCOc1ccc(C(=O)NCC(=O)NC(C)c2ccc(OCCOC)c(OC)c2)cc1OCC. The fourth-order valence-corrected chi connectivity index (χ4v) is 3.14. The molecule has 9 nitrogen and oxygen atoms in total. The Morgan fingerprint density at radius 1 is 0.853 bits per heavy atom. The third-order valence-electron chi connectivity index (χ3n) is 4.83. The van der Waals surface area contributed by atoms with Crippen LogP contribution >= 0.6 is 0 Å². The maximum Gasteiger partial charge on any atom is 0.251 e. The van der Waals surface area contributed by atoms with E-state index >= 15 is 0 Å². The van der Waals surface area contributed by atoms with Crippen molar-refractivity contribution in [1.82, 2.24) is 10.6 Å². The van der Waals surface area contributed by atoms with E-state index in [0.29, 0.717) is 55.0 Å². The maximum atomic E-state index is 12.5. The van der Waals surface area contributed by atoms with Gasteiger partial charge in [-0.3, -0.25) is 9.59 Å². The number of hydrogen-bond acceptors (Lipinski definition) is 7. The maximum absolute atomic E-state index is 12.5. The minimum absolute atomic E-state index is 0.171. The molecule has 1 unspecified atom stereocenters. The minimum atomic E-state index is -0.383. The molecule has 0 bridgehead atoms. The molecule has 2 amide bonds. The lowest BCUT2D eigenvalue weighted by atomic mass is 10.1. The summed E-state index contributed by atoms with van der Waals surface area (Å²) < 4.78 is 27.1. The highest BCUT2D eigenvalue weighted by Gasteiger charge is 2.16. The van der Waals surface area contributed by atoms with E-state index in [1.54, 1.807) is 44.6 Å². The van der Waals surface area contributed by atoms with E-state index in [4.69, 9.17) is 23.7 Å². The van der Waals surface area contributed by atoms with Gasteiger partial charge in [0.05, 0.1) is 39.5 Å². The Kier molecular flexibility index (Phi) is 11.0. The van der Waals surface area contributed by atoms with E-state index in [1.807, 2.05) is 26.8 Å². The number of carbonyl (C=O) groups is 2. The van der Waals surface area contributed by atoms with Gasteiger partial charge in [0.1, 0.15) is 6.61 Å². The molecule has 0 spiro atoms. The first kappa shape index (κ1) is 26.8. The van der Waals surface area contributed by atoms with Crippen molar-refractivity contribution in [2.75, 3.05) is 47.2 Å². The van der Waals surface area contributed by atoms with E-state index in [1.165, 1.54) is 0 Å². The Hall–Kier alpha value is -3.46. The first-order chi connectivity index (χ1) is 16.4. The van der Waals surface area contributed by atoms with Gasteiger partial charge in [0.25, 0.3) is 5.91 Å². The van der Waals surface area contributed by atoms with Gasteiger partial charge in [0, 0.05) is 12.7 Å². The van der Waals surface area contributed by atoms with Crippen molar-refractivity contribution < 1.29 is 33.3 Å². The van der Waals surface area contributed by atoms with Crippen LogP contribution in [0.5, 0.6) is 23.0 Å². The molecule has 0 aliphatic heterocycles. The molecular formula is C25H34N2O7. The summed E-state index contributed by atoms with van der Waals surface area (Å²) in [4.78, 5) is 25.0. The van der Waals surface area contributed by atoms with E-state index in [9.17, 15) is 9.59 Å². The second-order valence-electron chi connectivity index (χ2n) is 7.25. The summed E-state index contributed by atoms with van der Waals surface area (Å²) >= 11 is 0. The van der Waals surface area contributed by atoms with Gasteiger partial charge in [-0.25, -0.2) is 0 Å². The lowest BCUT2D eigenvalue weighted by molar-refractivity contribution is -0.120. The number of methoxy groups -OCH3 is 2. The van der Waals surface area contributed by atoms with Crippen molar-refractivity contribution in [2.24, 2.45) is 0 Å². The average molecular weight is 475 g/mol. The van der Waals surface area contributed by atoms with Crippen LogP contribution in [0, 0.1) is 0 Å². The first-order valence-electron chi connectivity index (χ1n) is 11.2. The summed E-state index contributed by atoms with van der Waals surface area (Å²) in [6, 6.07) is 10.1. The Morgan fingerprint density at radius 2 is 1.53 bits per heavy atom. The molecule has 0 radical (unpaired) electrons. The third-order valence-corrected chi connectivity index (χ3v) is 4.83. The van der Waals surface area contributed by atoms with Gasteiger partial charge in [0.15, 0.2) is 23.0 Å². The number of nitrogens with one attached hydrogen (secondary N) is 2. The summed E-state index contributed by atoms with van der Waals surface area (Å²) in [5.41, 5.74) is 1.21. The molecule has 9 heteroatoms. The predicted octanol–water partition coefficient (Wildman–Crippen LogP) is 3.13. The van der Waals surface area contributed by atoms with Crippen LogP contribution in [-0.2, 0) is 9.53 Å². The van der Waals surface area contributed by atoms with E-state index in [0.717, 1.165) is 5.56 Å². The molecule has 0 saturated heterocycles. The fourth-order valence-electron chi connectivity index (χ4n) is 3.14. The quantitative estimate of drug-likeness (QED) is 0.406. The van der Waals surface area contributed by atoms with Crippen LogP contribution in [-0.4, -0.2) is 59.0 Å². The summed E-state index contributed by atoms with van der Waals surface area (Å²) in [5, 5.41) is 5.50. The summed E-state index contributed by atoms with van der Waals surface area (Å²) in [5.74, 6) is 1.50. The normalized spacial score (nSPS) is 11.3. The van der Waals surface area contributed by atoms with E-state index < -0.39 is 0 Å². The standard InChI is InChI=1S/C25H34N2O7/c1-6-32-21-11-9-19(15-23(21)33-7-2)25(29)26-16-24(28)27-17(3)18-8-10-20(22(14-18)31-5)34-13-12-30-4/h8-11,14-15,17H,6-7,12-13,16H2,1-5H3,(H,26,29)(H,27,28). The molecule has 2 aromatic rings. The van der Waals surface area contributed by atoms with Gasteiger partial charge < -0.3 is 34.3 Å². The average Bonchev–Trinajstić information content (AvgIpc) is 2.84. The highest BCUT2D eigenvalue weighted by Crippen LogP contribution is 2.30. The molecule has 1 atom stereocenters. The topological polar surface area (TPSA) is 104 Å². The second kappa shape index (κ2) is 13.9. The number of rotatable bonds is 14. The lowest BCUT2D eigenvalue weighted by Gasteiger charge is -2.17. The molecular weight excluding hydrogens is 440 g/mol. The van der Waals surface area contributed by atoms with Crippen molar-refractivity contribution in [1.29, 1.82) is 0 Å².